The number of nitrogens with zero attached hydrogens (tertiary/aromatic N) is 3. The van der Waals surface area contributed by atoms with Crippen molar-refractivity contribution in [2.75, 3.05) is 0 Å². The highest BCUT2D eigenvalue weighted by Gasteiger charge is 2.27. The predicted octanol–water partition coefficient (Wildman–Crippen LogP) is 3.92. The van der Waals surface area contributed by atoms with Crippen LogP contribution in [0.15, 0.2) is 36.9 Å². The molecule has 99 valence electrons. The molecule has 0 N–H and O–H groups in total. The van der Waals surface area contributed by atoms with Crippen LogP contribution in [0.1, 0.15) is 37.3 Å². The molecule has 0 spiro atoms. The Morgan fingerprint density at radius 1 is 1.21 bits per heavy atom. The lowest BCUT2D eigenvalue weighted by molar-refractivity contribution is 0.327. The van der Waals surface area contributed by atoms with Crippen LogP contribution in [0.25, 0.3) is 0 Å². The van der Waals surface area contributed by atoms with Crippen molar-refractivity contribution in [3.8, 4) is 0 Å². The Morgan fingerprint density at radius 2 is 2.05 bits per heavy atom. The van der Waals surface area contributed by atoms with E-state index in [9.17, 15) is 0 Å². The summed E-state index contributed by atoms with van der Waals surface area (Å²) < 4.78 is 1.97. The molecule has 1 aromatic heterocycles. The first-order valence-corrected chi connectivity index (χ1v) is 7.15. The Balaban J connectivity index is 1.93. The fourth-order valence-corrected chi connectivity index (χ4v) is 3.00. The first kappa shape index (κ1) is 12.7. The van der Waals surface area contributed by atoms with E-state index in [0.29, 0.717) is 5.92 Å². The standard InChI is InChI=1S/C15H17ClN3/c16-14-8-6-13(7-9-14)15(19-11-17-10-18-19)12-4-2-1-3-5-12/h4,6-12,15H,1-3,5H2. The second-order valence-corrected chi connectivity index (χ2v) is 5.49. The fourth-order valence-electron chi connectivity index (χ4n) is 2.88. The van der Waals surface area contributed by atoms with Gasteiger partial charge in [0.1, 0.15) is 12.7 Å². The number of benzene rings is 1. The summed E-state index contributed by atoms with van der Waals surface area (Å²) in [6.07, 6.45) is 10.9. The van der Waals surface area contributed by atoms with Crippen molar-refractivity contribution in [1.82, 2.24) is 14.8 Å². The molecule has 0 saturated heterocycles. The van der Waals surface area contributed by atoms with Gasteiger partial charge in [-0.2, -0.15) is 5.10 Å². The van der Waals surface area contributed by atoms with Gasteiger partial charge in [0, 0.05) is 5.02 Å². The smallest absolute Gasteiger partial charge is 0.137 e. The Kier molecular flexibility index (Phi) is 3.83. The number of hydrogen-bond acceptors (Lipinski definition) is 2. The van der Waals surface area contributed by atoms with E-state index >= 15 is 0 Å². The molecule has 1 aliphatic carbocycles. The van der Waals surface area contributed by atoms with Crippen LogP contribution in [-0.4, -0.2) is 14.8 Å². The van der Waals surface area contributed by atoms with Gasteiger partial charge < -0.3 is 0 Å². The number of rotatable bonds is 3. The van der Waals surface area contributed by atoms with E-state index in [1.807, 2.05) is 23.1 Å². The van der Waals surface area contributed by atoms with Crippen LogP contribution in [0, 0.1) is 12.3 Å². The molecule has 19 heavy (non-hydrogen) atoms. The highest BCUT2D eigenvalue weighted by atomic mass is 35.5. The summed E-state index contributed by atoms with van der Waals surface area (Å²) >= 11 is 5.98. The summed E-state index contributed by atoms with van der Waals surface area (Å²) in [6, 6.07) is 8.32. The van der Waals surface area contributed by atoms with E-state index in [0.717, 1.165) is 5.02 Å². The van der Waals surface area contributed by atoms with Gasteiger partial charge in [0.15, 0.2) is 0 Å². The summed E-state index contributed by atoms with van der Waals surface area (Å²) in [4.78, 5) is 4.09. The maximum Gasteiger partial charge on any atom is 0.137 e. The Bertz CT molecular complexity index is 501. The van der Waals surface area contributed by atoms with Crippen molar-refractivity contribution in [1.29, 1.82) is 0 Å². The highest BCUT2D eigenvalue weighted by molar-refractivity contribution is 6.30. The van der Waals surface area contributed by atoms with Gasteiger partial charge in [0.2, 0.25) is 0 Å². The molecule has 0 amide bonds. The minimum atomic E-state index is 0.236. The second kappa shape index (κ2) is 5.74. The van der Waals surface area contributed by atoms with Crippen molar-refractivity contribution in [2.45, 2.75) is 31.7 Å². The van der Waals surface area contributed by atoms with Crippen LogP contribution in [-0.2, 0) is 0 Å². The third kappa shape index (κ3) is 2.81. The molecule has 3 rings (SSSR count). The average molecular weight is 275 g/mol. The molecule has 2 unspecified atom stereocenters. The van der Waals surface area contributed by atoms with E-state index in [4.69, 9.17) is 11.6 Å². The summed E-state index contributed by atoms with van der Waals surface area (Å²) in [7, 11) is 0. The SMILES string of the molecule is Clc1ccc(C(C2[CH]CCCC2)n2cncn2)cc1. The van der Waals surface area contributed by atoms with E-state index < -0.39 is 0 Å². The second-order valence-electron chi connectivity index (χ2n) is 5.06. The third-order valence-corrected chi connectivity index (χ3v) is 4.05. The zero-order chi connectivity index (χ0) is 13.1. The van der Waals surface area contributed by atoms with Gasteiger partial charge in [-0.15, -0.1) is 0 Å². The van der Waals surface area contributed by atoms with E-state index in [1.165, 1.54) is 31.2 Å². The van der Waals surface area contributed by atoms with Crippen molar-refractivity contribution in [2.24, 2.45) is 5.92 Å². The Morgan fingerprint density at radius 3 is 2.68 bits per heavy atom. The number of hydrogen-bond donors (Lipinski definition) is 0. The van der Waals surface area contributed by atoms with Gasteiger partial charge in [-0.3, -0.25) is 0 Å². The molecule has 2 aromatic rings. The molecule has 0 bridgehead atoms. The number of aromatic nitrogens is 3. The van der Waals surface area contributed by atoms with Crippen molar-refractivity contribution >= 4 is 11.6 Å². The topological polar surface area (TPSA) is 30.7 Å². The van der Waals surface area contributed by atoms with E-state index in [-0.39, 0.29) is 6.04 Å². The summed E-state index contributed by atoms with van der Waals surface area (Å²) in [6.45, 7) is 0. The van der Waals surface area contributed by atoms with Crippen LogP contribution in [0.2, 0.25) is 5.02 Å². The molecule has 1 fully saturated rings. The third-order valence-electron chi connectivity index (χ3n) is 3.80. The van der Waals surface area contributed by atoms with Gasteiger partial charge in [-0.1, -0.05) is 36.6 Å². The van der Waals surface area contributed by atoms with Crippen molar-refractivity contribution in [3.63, 3.8) is 0 Å². The maximum absolute atomic E-state index is 5.98. The van der Waals surface area contributed by atoms with E-state index in [2.05, 4.69) is 28.6 Å². The lowest BCUT2D eigenvalue weighted by Gasteiger charge is -2.30. The summed E-state index contributed by atoms with van der Waals surface area (Å²) in [5, 5.41) is 5.12. The molecule has 3 nitrogen and oxygen atoms in total. The molecule has 1 heterocycles. The van der Waals surface area contributed by atoms with Crippen LogP contribution < -0.4 is 0 Å². The molecule has 0 aliphatic heterocycles. The van der Waals surface area contributed by atoms with Crippen LogP contribution >= 0.6 is 11.6 Å². The van der Waals surface area contributed by atoms with Gasteiger partial charge in [-0.25, -0.2) is 9.67 Å². The van der Waals surface area contributed by atoms with Crippen LogP contribution in [0.5, 0.6) is 0 Å². The molecule has 1 radical (unpaired) electrons. The van der Waals surface area contributed by atoms with Gasteiger partial charge >= 0.3 is 0 Å². The lowest BCUT2D eigenvalue weighted by Crippen LogP contribution is -2.23. The fraction of sp³-hybridized carbons (Fsp3) is 0.400. The first-order chi connectivity index (χ1) is 9.34. The summed E-state index contributed by atoms with van der Waals surface area (Å²) in [5.41, 5.74) is 1.25. The van der Waals surface area contributed by atoms with Crippen molar-refractivity contribution < 1.29 is 0 Å². The molecule has 1 saturated carbocycles. The number of halogens is 1. The predicted molar refractivity (Wildman–Crippen MR) is 75.9 cm³/mol. The first-order valence-electron chi connectivity index (χ1n) is 6.77. The normalized spacial score (nSPS) is 18.4. The molecule has 2 atom stereocenters. The van der Waals surface area contributed by atoms with Gasteiger partial charge in [0.25, 0.3) is 0 Å². The molecular formula is C15H17ClN3. The van der Waals surface area contributed by atoms with Gasteiger partial charge in [-0.05, 0) is 42.9 Å². The van der Waals surface area contributed by atoms with Gasteiger partial charge in [0.05, 0.1) is 6.04 Å². The average Bonchev–Trinajstić information content (AvgIpc) is 2.96. The minimum absolute atomic E-state index is 0.236. The molecular weight excluding hydrogens is 258 g/mol. The largest absolute Gasteiger partial charge is 0.245 e. The van der Waals surface area contributed by atoms with Crippen molar-refractivity contribution in [3.05, 3.63) is 53.9 Å². The zero-order valence-corrected chi connectivity index (χ0v) is 11.5. The minimum Gasteiger partial charge on any atom is -0.245 e. The monoisotopic (exact) mass is 274 g/mol. The molecule has 1 aliphatic rings. The maximum atomic E-state index is 5.98. The van der Waals surface area contributed by atoms with Crippen LogP contribution in [0.3, 0.4) is 0 Å². The Hall–Kier alpha value is -1.35. The van der Waals surface area contributed by atoms with E-state index in [1.54, 1.807) is 6.33 Å². The highest BCUT2D eigenvalue weighted by Crippen LogP contribution is 2.36. The Labute approximate surface area is 118 Å². The summed E-state index contributed by atoms with van der Waals surface area (Å²) in [5.74, 6) is 0.525. The molecule has 4 heteroatoms. The molecule has 1 aromatic carbocycles. The van der Waals surface area contributed by atoms with Crippen LogP contribution in [0.4, 0.5) is 0 Å². The quantitative estimate of drug-likeness (QED) is 0.849. The zero-order valence-electron chi connectivity index (χ0n) is 10.7. The lowest BCUT2D eigenvalue weighted by atomic mass is 9.81.